The van der Waals surface area contributed by atoms with Gasteiger partial charge in [-0.05, 0) is 56.0 Å². The van der Waals surface area contributed by atoms with Crippen molar-refractivity contribution >= 4 is 5.91 Å². The number of carbonyl (C=O) groups excluding carboxylic acids is 1. The molecule has 0 aliphatic carbocycles. The molecule has 3 rings (SSSR count). The van der Waals surface area contributed by atoms with Gasteiger partial charge in [-0.15, -0.1) is 0 Å². The molecular formula is C21H25NO3. The van der Waals surface area contributed by atoms with Gasteiger partial charge >= 0.3 is 0 Å². The van der Waals surface area contributed by atoms with Crippen molar-refractivity contribution in [1.29, 1.82) is 0 Å². The molecule has 25 heavy (non-hydrogen) atoms. The molecule has 132 valence electrons. The second-order valence-electron chi connectivity index (χ2n) is 6.75. The Hall–Kier alpha value is -2.33. The van der Waals surface area contributed by atoms with Crippen LogP contribution < -0.4 is 0 Å². The highest BCUT2D eigenvalue weighted by Crippen LogP contribution is 2.22. The molecule has 1 unspecified atom stereocenters. The third kappa shape index (κ3) is 4.20. The lowest BCUT2D eigenvalue weighted by molar-refractivity contribution is 0.0506. The van der Waals surface area contributed by atoms with Gasteiger partial charge in [0.2, 0.25) is 0 Å². The van der Waals surface area contributed by atoms with Gasteiger partial charge in [-0.1, -0.05) is 24.3 Å². The number of aromatic hydroxyl groups is 1. The molecule has 1 aliphatic heterocycles. The normalized spacial score (nSPS) is 16.8. The zero-order chi connectivity index (χ0) is 17.8. The number of phenolic OH excluding ortho intramolecular Hbond substituents is 1. The predicted molar refractivity (Wildman–Crippen MR) is 97.7 cm³/mol. The molecule has 0 aromatic heterocycles. The lowest BCUT2D eigenvalue weighted by Gasteiger charge is -2.26. The summed E-state index contributed by atoms with van der Waals surface area (Å²) in [6.45, 7) is 5.72. The number of carbonyl (C=O) groups is 1. The van der Waals surface area contributed by atoms with Crippen molar-refractivity contribution in [3.05, 3.63) is 64.7 Å². The monoisotopic (exact) mass is 339 g/mol. The van der Waals surface area contributed by atoms with Crippen molar-refractivity contribution in [1.82, 2.24) is 4.90 Å². The molecule has 4 nitrogen and oxygen atoms in total. The van der Waals surface area contributed by atoms with E-state index in [4.69, 9.17) is 4.74 Å². The third-order valence-corrected chi connectivity index (χ3v) is 4.84. The van der Waals surface area contributed by atoms with Crippen LogP contribution in [0, 0.1) is 13.8 Å². The maximum Gasteiger partial charge on any atom is 0.254 e. The fourth-order valence-corrected chi connectivity index (χ4v) is 3.16. The van der Waals surface area contributed by atoms with E-state index in [1.165, 1.54) is 5.56 Å². The van der Waals surface area contributed by atoms with Crippen molar-refractivity contribution in [2.75, 3.05) is 13.2 Å². The number of ether oxygens (including phenoxy) is 1. The molecule has 2 aromatic carbocycles. The van der Waals surface area contributed by atoms with E-state index >= 15 is 0 Å². The van der Waals surface area contributed by atoms with Crippen LogP contribution in [0.4, 0.5) is 0 Å². The third-order valence-electron chi connectivity index (χ3n) is 4.84. The Labute approximate surface area is 149 Å². The minimum absolute atomic E-state index is 0.0261. The second kappa shape index (κ2) is 7.70. The molecule has 1 atom stereocenters. The van der Waals surface area contributed by atoms with E-state index in [0.717, 1.165) is 30.6 Å². The van der Waals surface area contributed by atoms with Gasteiger partial charge in [0, 0.05) is 30.8 Å². The van der Waals surface area contributed by atoms with E-state index in [1.807, 2.05) is 44.2 Å². The van der Waals surface area contributed by atoms with E-state index < -0.39 is 0 Å². The van der Waals surface area contributed by atoms with Gasteiger partial charge in [-0.25, -0.2) is 0 Å². The highest BCUT2D eigenvalue weighted by Gasteiger charge is 2.24. The van der Waals surface area contributed by atoms with Gasteiger partial charge in [-0.3, -0.25) is 4.79 Å². The van der Waals surface area contributed by atoms with Crippen molar-refractivity contribution in [3.8, 4) is 5.75 Å². The molecule has 1 amide bonds. The molecule has 2 aromatic rings. The number of hydrogen-bond acceptors (Lipinski definition) is 3. The van der Waals surface area contributed by atoms with E-state index in [9.17, 15) is 9.90 Å². The zero-order valence-electron chi connectivity index (χ0n) is 14.9. The molecule has 4 heteroatoms. The first-order chi connectivity index (χ1) is 12.0. The fourth-order valence-electron chi connectivity index (χ4n) is 3.16. The van der Waals surface area contributed by atoms with Gasteiger partial charge < -0.3 is 14.7 Å². The van der Waals surface area contributed by atoms with Crippen LogP contribution in [0.25, 0.3) is 0 Å². The summed E-state index contributed by atoms with van der Waals surface area (Å²) in [7, 11) is 0. The molecule has 0 saturated carbocycles. The molecule has 0 radical (unpaired) electrons. The van der Waals surface area contributed by atoms with Crippen LogP contribution >= 0.6 is 0 Å². The number of phenols is 1. The lowest BCUT2D eigenvalue weighted by atomic mass is 10.0. The number of nitrogens with zero attached hydrogens (tertiary/aromatic N) is 1. The number of hydrogen-bond donors (Lipinski definition) is 1. The smallest absolute Gasteiger partial charge is 0.254 e. The molecule has 1 aliphatic rings. The average Bonchev–Trinajstić information content (AvgIpc) is 3.11. The van der Waals surface area contributed by atoms with Crippen LogP contribution in [0.15, 0.2) is 42.5 Å². The van der Waals surface area contributed by atoms with Gasteiger partial charge in [0.25, 0.3) is 5.91 Å². The minimum Gasteiger partial charge on any atom is -0.508 e. The van der Waals surface area contributed by atoms with Crippen molar-refractivity contribution in [2.24, 2.45) is 0 Å². The first kappa shape index (κ1) is 17.5. The van der Waals surface area contributed by atoms with Gasteiger partial charge in [0.15, 0.2) is 0 Å². The first-order valence-electron chi connectivity index (χ1n) is 8.79. The SMILES string of the molecule is Cc1ccc(C(=O)N(Cc2ccccc2O)CC2CCCO2)cc1C. The summed E-state index contributed by atoms with van der Waals surface area (Å²) in [6, 6.07) is 13.0. The second-order valence-corrected chi connectivity index (χ2v) is 6.75. The lowest BCUT2D eigenvalue weighted by Crippen LogP contribution is -2.37. The highest BCUT2D eigenvalue weighted by molar-refractivity contribution is 5.94. The maximum atomic E-state index is 13.1. The molecule has 0 bridgehead atoms. The number of benzene rings is 2. The van der Waals surface area contributed by atoms with Crippen LogP contribution in [0.3, 0.4) is 0 Å². The first-order valence-corrected chi connectivity index (χ1v) is 8.79. The summed E-state index contributed by atoms with van der Waals surface area (Å²) in [5, 5.41) is 10.1. The Morgan fingerprint density at radius 3 is 2.68 bits per heavy atom. The number of para-hydroxylation sites is 1. The Kier molecular flexibility index (Phi) is 5.39. The van der Waals surface area contributed by atoms with Gasteiger partial charge in [0.05, 0.1) is 6.10 Å². The average molecular weight is 339 g/mol. The summed E-state index contributed by atoms with van der Waals surface area (Å²) in [5.74, 6) is 0.189. The summed E-state index contributed by atoms with van der Waals surface area (Å²) < 4.78 is 5.72. The summed E-state index contributed by atoms with van der Waals surface area (Å²) in [5.41, 5.74) is 3.70. The Balaban J connectivity index is 1.85. The standard InChI is InChI=1S/C21H25NO3/c1-15-9-10-17(12-16(15)2)21(24)22(14-19-7-5-11-25-19)13-18-6-3-4-8-20(18)23/h3-4,6,8-10,12,19,23H,5,7,11,13-14H2,1-2H3. The molecule has 1 heterocycles. The molecular weight excluding hydrogens is 314 g/mol. The summed E-state index contributed by atoms with van der Waals surface area (Å²) in [6.07, 6.45) is 2.08. The molecule has 1 fully saturated rings. The van der Waals surface area contributed by atoms with Crippen LogP contribution in [0.5, 0.6) is 5.75 Å². The van der Waals surface area contributed by atoms with E-state index in [0.29, 0.717) is 18.7 Å². The predicted octanol–water partition coefficient (Wildman–Crippen LogP) is 3.83. The minimum atomic E-state index is -0.0261. The number of aryl methyl sites for hydroxylation is 2. The van der Waals surface area contributed by atoms with Crippen molar-refractivity contribution in [2.45, 2.75) is 39.3 Å². The maximum absolute atomic E-state index is 13.1. The Bertz CT molecular complexity index is 751. The zero-order valence-corrected chi connectivity index (χ0v) is 14.9. The highest BCUT2D eigenvalue weighted by atomic mass is 16.5. The molecule has 0 spiro atoms. The quantitative estimate of drug-likeness (QED) is 0.901. The van der Waals surface area contributed by atoms with Crippen LogP contribution in [-0.2, 0) is 11.3 Å². The fraction of sp³-hybridized carbons (Fsp3) is 0.381. The molecule has 1 N–H and O–H groups in total. The largest absolute Gasteiger partial charge is 0.508 e. The van der Waals surface area contributed by atoms with Crippen LogP contribution in [-0.4, -0.2) is 35.2 Å². The van der Waals surface area contributed by atoms with Gasteiger partial charge in [-0.2, -0.15) is 0 Å². The Morgan fingerprint density at radius 1 is 1.20 bits per heavy atom. The topological polar surface area (TPSA) is 49.8 Å². The van der Waals surface area contributed by atoms with Crippen LogP contribution in [0.1, 0.15) is 39.9 Å². The van der Waals surface area contributed by atoms with E-state index in [1.54, 1.807) is 17.0 Å². The number of rotatable bonds is 5. The van der Waals surface area contributed by atoms with Crippen LogP contribution in [0.2, 0.25) is 0 Å². The Morgan fingerprint density at radius 2 is 2.00 bits per heavy atom. The number of amides is 1. The van der Waals surface area contributed by atoms with Crippen molar-refractivity contribution < 1.29 is 14.6 Å². The van der Waals surface area contributed by atoms with E-state index in [-0.39, 0.29) is 17.8 Å². The summed E-state index contributed by atoms with van der Waals surface area (Å²) in [4.78, 5) is 14.9. The van der Waals surface area contributed by atoms with Crippen molar-refractivity contribution in [3.63, 3.8) is 0 Å². The summed E-state index contributed by atoms with van der Waals surface area (Å²) >= 11 is 0. The van der Waals surface area contributed by atoms with Gasteiger partial charge in [0.1, 0.15) is 5.75 Å². The van der Waals surface area contributed by atoms with E-state index in [2.05, 4.69) is 0 Å². The molecule has 1 saturated heterocycles.